The van der Waals surface area contributed by atoms with Gasteiger partial charge in [0.1, 0.15) is 12.1 Å². The quantitative estimate of drug-likeness (QED) is 0.496. The fourth-order valence-electron chi connectivity index (χ4n) is 3.11. The third kappa shape index (κ3) is 4.98. The highest BCUT2D eigenvalue weighted by molar-refractivity contribution is 6.01. The summed E-state index contributed by atoms with van der Waals surface area (Å²) in [6, 6.07) is 15.7. The van der Waals surface area contributed by atoms with Gasteiger partial charge in [-0.3, -0.25) is 10.1 Å². The molecule has 0 saturated heterocycles. The number of rotatable bonds is 7. The molecule has 0 saturated carbocycles. The third-order valence-corrected chi connectivity index (χ3v) is 4.92. The number of carbonyl (C=O) groups is 1. The lowest BCUT2D eigenvalue weighted by molar-refractivity contribution is 0.101. The number of ether oxygens (including phenoxy) is 1. The molecule has 158 valence electrons. The Kier molecular flexibility index (Phi) is 5.79. The molecule has 2 heterocycles. The molecule has 4 aromatic rings. The number of hydrogen-bond donors (Lipinski definition) is 1. The average Bonchev–Trinajstić information content (AvgIpc) is 3.40. The van der Waals surface area contributed by atoms with Crippen molar-refractivity contribution >= 4 is 11.9 Å². The van der Waals surface area contributed by atoms with Crippen LogP contribution in [0, 0.1) is 20.8 Å². The second kappa shape index (κ2) is 8.83. The Morgan fingerprint density at radius 1 is 1.00 bits per heavy atom. The van der Waals surface area contributed by atoms with Gasteiger partial charge in [-0.1, -0.05) is 36.4 Å². The third-order valence-electron chi connectivity index (χ3n) is 4.92. The van der Waals surface area contributed by atoms with Crippen LogP contribution >= 0.6 is 0 Å². The van der Waals surface area contributed by atoms with Gasteiger partial charge in [0.05, 0.1) is 6.54 Å². The van der Waals surface area contributed by atoms with Crippen molar-refractivity contribution in [1.29, 1.82) is 0 Å². The lowest BCUT2D eigenvalue weighted by atomic mass is 10.1. The molecule has 0 aliphatic rings. The summed E-state index contributed by atoms with van der Waals surface area (Å²) < 4.78 is 9.08. The van der Waals surface area contributed by atoms with Crippen molar-refractivity contribution < 1.29 is 9.53 Å². The molecule has 0 unspecified atom stereocenters. The number of nitrogens with zero attached hydrogens (tertiary/aromatic N) is 5. The number of amides is 1. The lowest BCUT2D eigenvalue weighted by Crippen LogP contribution is -2.15. The minimum absolute atomic E-state index is 0.209. The summed E-state index contributed by atoms with van der Waals surface area (Å²) in [4.78, 5) is 16.7. The van der Waals surface area contributed by atoms with Crippen LogP contribution in [0.15, 0.2) is 61.1 Å². The van der Waals surface area contributed by atoms with E-state index in [1.54, 1.807) is 28.0 Å². The fourth-order valence-corrected chi connectivity index (χ4v) is 3.11. The zero-order valence-electron chi connectivity index (χ0n) is 17.7. The SMILES string of the molecule is Cc1ccc(C)c(OCn2ccc(C(=O)Nc3ncn(Cc4ccccc4C)n3)n2)c1. The van der Waals surface area contributed by atoms with Crippen LogP contribution in [-0.4, -0.2) is 30.5 Å². The van der Waals surface area contributed by atoms with Crippen LogP contribution in [0.4, 0.5) is 5.95 Å². The predicted molar refractivity (Wildman–Crippen MR) is 117 cm³/mol. The first-order valence-electron chi connectivity index (χ1n) is 9.97. The van der Waals surface area contributed by atoms with Crippen molar-refractivity contribution in [2.75, 3.05) is 5.32 Å². The lowest BCUT2D eigenvalue weighted by Gasteiger charge is -2.09. The molecule has 0 spiro atoms. The molecule has 0 radical (unpaired) electrons. The number of hydrogen-bond acceptors (Lipinski definition) is 5. The normalized spacial score (nSPS) is 10.8. The summed E-state index contributed by atoms with van der Waals surface area (Å²) in [7, 11) is 0. The summed E-state index contributed by atoms with van der Waals surface area (Å²) >= 11 is 0. The molecule has 4 rings (SSSR count). The number of anilines is 1. The van der Waals surface area contributed by atoms with E-state index in [9.17, 15) is 4.79 Å². The minimum Gasteiger partial charge on any atom is -0.471 e. The van der Waals surface area contributed by atoms with Gasteiger partial charge in [0.25, 0.3) is 5.91 Å². The number of aromatic nitrogens is 5. The predicted octanol–water partition coefficient (Wildman–Crippen LogP) is 3.74. The van der Waals surface area contributed by atoms with Crippen LogP contribution in [0.5, 0.6) is 5.75 Å². The van der Waals surface area contributed by atoms with E-state index in [0.717, 1.165) is 22.4 Å². The van der Waals surface area contributed by atoms with Gasteiger partial charge in [0, 0.05) is 6.20 Å². The van der Waals surface area contributed by atoms with E-state index in [1.165, 1.54) is 5.56 Å². The number of benzene rings is 2. The number of carbonyl (C=O) groups excluding carboxylic acids is 1. The van der Waals surface area contributed by atoms with Crippen LogP contribution < -0.4 is 10.1 Å². The summed E-state index contributed by atoms with van der Waals surface area (Å²) in [6.45, 7) is 6.84. The van der Waals surface area contributed by atoms with Gasteiger partial charge in [0.2, 0.25) is 5.95 Å². The minimum atomic E-state index is -0.376. The molecule has 0 atom stereocenters. The first-order valence-corrected chi connectivity index (χ1v) is 9.97. The number of aryl methyl sites for hydroxylation is 3. The topological polar surface area (TPSA) is 86.9 Å². The molecule has 8 heteroatoms. The van der Waals surface area contributed by atoms with E-state index < -0.39 is 0 Å². The smallest absolute Gasteiger partial charge is 0.278 e. The second-order valence-corrected chi connectivity index (χ2v) is 7.43. The molecular weight excluding hydrogens is 392 g/mol. The molecule has 2 aromatic heterocycles. The Morgan fingerprint density at radius 2 is 1.84 bits per heavy atom. The van der Waals surface area contributed by atoms with E-state index in [-0.39, 0.29) is 24.3 Å². The van der Waals surface area contributed by atoms with E-state index in [2.05, 4.69) is 33.5 Å². The van der Waals surface area contributed by atoms with Crippen molar-refractivity contribution in [3.05, 3.63) is 89.0 Å². The summed E-state index contributed by atoms with van der Waals surface area (Å²) in [5.41, 5.74) is 4.75. The monoisotopic (exact) mass is 416 g/mol. The first kappa shape index (κ1) is 20.3. The Morgan fingerprint density at radius 3 is 2.68 bits per heavy atom. The molecule has 31 heavy (non-hydrogen) atoms. The molecular formula is C23H24N6O2. The Bertz CT molecular complexity index is 1210. The van der Waals surface area contributed by atoms with E-state index >= 15 is 0 Å². The van der Waals surface area contributed by atoms with Crippen LogP contribution in [0.3, 0.4) is 0 Å². The van der Waals surface area contributed by atoms with Gasteiger partial charge in [-0.2, -0.15) is 5.10 Å². The van der Waals surface area contributed by atoms with Crippen molar-refractivity contribution in [1.82, 2.24) is 24.5 Å². The van der Waals surface area contributed by atoms with Crippen LogP contribution in [-0.2, 0) is 13.3 Å². The van der Waals surface area contributed by atoms with Gasteiger partial charge < -0.3 is 4.74 Å². The van der Waals surface area contributed by atoms with Crippen molar-refractivity contribution in [3.63, 3.8) is 0 Å². The molecule has 1 N–H and O–H groups in total. The Hall–Kier alpha value is -3.94. The molecule has 1 amide bonds. The largest absolute Gasteiger partial charge is 0.471 e. The van der Waals surface area contributed by atoms with Crippen LogP contribution in [0.1, 0.15) is 32.7 Å². The van der Waals surface area contributed by atoms with Gasteiger partial charge in [0.15, 0.2) is 12.4 Å². The second-order valence-electron chi connectivity index (χ2n) is 7.43. The summed E-state index contributed by atoms with van der Waals surface area (Å²) in [6.07, 6.45) is 3.29. The van der Waals surface area contributed by atoms with Gasteiger partial charge in [-0.25, -0.2) is 14.3 Å². The van der Waals surface area contributed by atoms with Gasteiger partial charge in [-0.15, -0.1) is 5.10 Å². The molecule has 0 fully saturated rings. The van der Waals surface area contributed by atoms with Crippen molar-refractivity contribution in [3.8, 4) is 5.75 Å². The zero-order valence-corrected chi connectivity index (χ0v) is 17.7. The zero-order chi connectivity index (χ0) is 21.8. The van der Waals surface area contributed by atoms with E-state index in [1.807, 2.05) is 50.2 Å². The van der Waals surface area contributed by atoms with Crippen LogP contribution in [0.25, 0.3) is 0 Å². The molecule has 0 aliphatic heterocycles. The summed E-state index contributed by atoms with van der Waals surface area (Å²) in [5, 5.41) is 11.3. The summed E-state index contributed by atoms with van der Waals surface area (Å²) in [5.74, 6) is 0.656. The van der Waals surface area contributed by atoms with E-state index in [0.29, 0.717) is 6.54 Å². The highest BCUT2D eigenvalue weighted by atomic mass is 16.5. The molecule has 0 bridgehead atoms. The van der Waals surface area contributed by atoms with Crippen molar-refractivity contribution in [2.24, 2.45) is 0 Å². The first-order chi connectivity index (χ1) is 15.0. The van der Waals surface area contributed by atoms with Gasteiger partial charge in [-0.05, 0) is 55.2 Å². The maximum atomic E-state index is 12.5. The van der Waals surface area contributed by atoms with Crippen molar-refractivity contribution in [2.45, 2.75) is 34.0 Å². The maximum absolute atomic E-state index is 12.5. The van der Waals surface area contributed by atoms with Crippen LogP contribution in [0.2, 0.25) is 0 Å². The van der Waals surface area contributed by atoms with Gasteiger partial charge >= 0.3 is 0 Å². The maximum Gasteiger partial charge on any atom is 0.278 e. The highest BCUT2D eigenvalue weighted by Gasteiger charge is 2.13. The average molecular weight is 416 g/mol. The highest BCUT2D eigenvalue weighted by Crippen LogP contribution is 2.19. The Labute approximate surface area is 180 Å². The molecule has 8 nitrogen and oxygen atoms in total. The fraction of sp³-hybridized carbons (Fsp3) is 0.217. The molecule has 2 aromatic carbocycles. The van der Waals surface area contributed by atoms with E-state index in [4.69, 9.17) is 4.74 Å². The Balaban J connectivity index is 1.35. The standard InChI is InChI=1S/C23H24N6O2/c1-16-8-9-18(3)21(12-16)31-15-28-11-10-20(26-28)22(30)25-23-24-14-29(27-23)13-19-7-5-4-6-17(19)2/h4-12,14H,13,15H2,1-3H3,(H,25,27,30). The number of nitrogens with one attached hydrogen (secondary N) is 1. The molecule has 0 aliphatic carbocycles.